The molecule has 4 aromatic rings. The van der Waals surface area contributed by atoms with Gasteiger partial charge in [-0.2, -0.15) is 0 Å². The number of anilines is 4. The summed E-state index contributed by atoms with van der Waals surface area (Å²) < 4.78 is 33.4. The van der Waals surface area contributed by atoms with Crippen LogP contribution in [0.5, 0.6) is 5.75 Å². The van der Waals surface area contributed by atoms with Gasteiger partial charge in [0.15, 0.2) is 0 Å². The number of benzene rings is 4. The molecule has 5 rings (SSSR count). The zero-order valence-electron chi connectivity index (χ0n) is 21.0. The van der Waals surface area contributed by atoms with Crippen LogP contribution in [0.1, 0.15) is 26.3 Å². The third kappa shape index (κ3) is 5.14. The molecule has 10 heteroatoms. The highest BCUT2D eigenvalue weighted by molar-refractivity contribution is 7.92. The molecule has 1 aliphatic rings. The molecule has 0 unspecified atom stereocenters. The van der Waals surface area contributed by atoms with Crippen molar-refractivity contribution >= 4 is 44.6 Å². The fourth-order valence-electron chi connectivity index (χ4n) is 4.43. The molecule has 0 bridgehead atoms. The van der Waals surface area contributed by atoms with Gasteiger partial charge in [-0.1, -0.05) is 24.3 Å². The van der Waals surface area contributed by atoms with E-state index in [2.05, 4.69) is 10.6 Å². The van der Waals surface area contributed by atoms with E-state index in [9.17, 15) is 18.0 Å². The van der Waals surface area contributed by atoms with Gasteiger partial charge in [-0.15, -0.1) is 0 Å². The van der Waals surface area contributed by atoms with Crippen molar-refractivity contribution in [1.82, 2.24) is 0 Å². The van der Waals surface area contributed by atoms with Gasteiger partial charge in [0, 0.05) is 17.8 Å². The number of sulfonamides is 1. The van der Waals surface area contributed by atoms with Gasteiger partial charge >= 0.3 is 0 Å². The minimum absolute atomic E-state index is 0.109. The van der Waals surface area contributed by atoms with Crippen molar-refractivity contribution in [2.45, 2.75) is 11.3 Å². The van der Waals surface area contributed by atoms with Gasteiger partial charge in [-0.05, 0) is 78.7 Å². The van der Waals surface area contributed by atoms with Crippen LogP contribution >= 0.6 is 0 Å². The Morgan fingerprint density at radius 2 is 1.56 bits per heavy atom. The lowest BCUT2D eigenvalue weighted by atomic mass is 10.1. The van der Waals surface area contributed by atoms with Gasteiger partial charge in [0.1, 0.15) is 5.75 Å². The Labute approximate surface area is 226 Å². The number of amides is 2. The number of nitrogens with one attached hydrogen (secondary N) is 2. The van der Waals surface area contributed by atoms with E-state index in [0.717, 1.165) is 5.56 Å². The van der Waals surface area contributed by atoms with Crippen LogP contribution in [0.2, 0.25) is 0 Å². The first-order chi connectivity index (χ1) is 18.8. The quantitative estimate of drug-likeness (QED) is 0.294. The normalized spacial score (nSPS) is 12.5. The van der Waals surface area contributed by atoms with E-state index < -0.39 is 15.9 Å². The third-order valence-electron chi connectivity index (χ3n) is 6.46. The highest BCUT2D eigenvalue weighted by Crippen LogP contribution is 2.36. The zero-order chi connectivity index (χ0) is 27.6. The zero-order valence-corrected chi connectivity index (χ0v) is 21.9. The number of nitrogens with zero attached hydrogens (tertiary/aromatic N) is 1. The number of rotatable bonds is 7. The number of hydrogen-bond acceptors (Lipinski definition) is 6. The molecule has 0 atom stereocenters. The molecule has 39 heavy (non-hydrogen) atoms. The van der Waals surface area contributed by atoms with Crippen molar-refractivity contribution < 1.29 is 22.7 Å². The van der Waals surface area contributed by atoms with Crippen molar-refractivity contribution in [1.29, 1.82) is 0 Å². The highest BCUT2D eigenvalue weighted by Gasteiger charge is 2.34. The van der Waals surface area contributed by atoms with Gasteiger partial charge < -0.3 is 21.1 Å². The summed E-state index contributed by atoms with van der Waals surface area (Å²) >= 11 is 0. The maximum absolute atomic E-state index is 13.5. The molecule has 1 aliphatic heterocycles. The summed E-state index contributed by atoms with van der Waals surface area (Å²) in [6.07, 6.45) is 0.488. The predicted molar refractivity (Wildman–Crippen MR) is 151 cm³/mol. The topological polar surface area (TPSA) is 131 Å². The number of nitrogen functional groups attached to an aromatic ring is 1. The average molecular weight is 543 g/mol. The van der Waals surface area contributed by atoms with Crippen molar-refractivity contribution in [3.05, 3.63) is 108 Å². The largest absolute Gasteiger partial charge is 0.497 e. The lowest BCUT2D eigenvalue weighted by Gasteiger charge is -2.22. The van der Waals surface area contributed by atoms with E-state index in [1.165, 1.54) is 23.5 Å². The van der Waals surface area contributed by atoms with Crippen LogP contribution in [0.4, 0.5) is 22.7 Å². The van der Waals surface area contributed by atoms with Gasteiger partial charge in [0.25, 0.3) is 21.8 Å². The monoisotopic (exact) mass is 542 g/mol. The summed E-state index contributed by atoms with van der Waals surface area (Å²) in [6.45, 7) is 0.226. The third-order valence-corrected chi connectivity index (χ3v) is 8.27. The highest BCUT2D eigenvalue weighted by atomic mass is 32.2. The molecule has 198 valence electrons. The number of fused-ring (bicyclic) bond motifs is 1. The molecule has 2 amide bonds. The Balaban J connectivity index is 1.35. The van der Waals surface area contributed by atoms with E-state index in [4.69, 9.17) is 10.5 Å². The molecule has 0 aliphatic carbocycles. The molecule has 1 heterocycles. The van der Waals surface area contributed by atoms with Crippen molar-refractivity contribution in [2.75, 3.05) is 34.3 Å². The Morgan fingerprint density at radius 1 is 0.846 bits per heavy atom. The Kier molecular flexibility index (Phi) is 6.95. The lowest BCUT2D eigenvalue weighted by Crippen LogP contribution is -2.30. The Hall–Kier alpha value is -4.83. The number of nitrogens with two attached hydrogens (primary N) is 1. The second-order valence-corrected chi connectivity index (χ2v) is 10.8. The standard InChI is InChI=1S/C29H26N4O5S/c1-38-22-13-15-23(16-14-22)39(36,37)33-18-17-19-5-4-6-24(27(19)33)29(35)31-21-11-9-20(10-12-21)28(34)32-26-8-3-2-7-25(26)30/h2-16H,17-18,30H2,1H3,(H,31,35)(H,32,34). The summed E-state index contributed by atoms with van der Waals surface area (Å²) in [5.74, 6) is -0.257. The van der Waals surface area contributed by atoms with Crippen molar-refractivity contribution in [3.8, 4) is 5.75 Å². The molecule has 4 N–H and O–H groups in total. The van der Waals surface area contributed by atoms with Crippen molar-refractivity contribution in [3.63, 3.8) is 0 Å². The molecule has 0 saturated heterocycles. The first kappa shape index (κ1) is 25.8. The SMILES string of the molecule is COc1ccc(S(=O)(=O)N2CCc3cccc(C(=O)Nc4ccc(C(=O)Nc5ccccc5N)cc4)c32)cc1. The van der Waals surface area contributed by atoms with Crippen LogP contribution in [-0.4, -0.2) is 33.9 Å². The molecule has 9 nitrogen and oxygen atoms in total. The van der Waals surface area contributed by atoms with E-state index in [1.807, 2.05) is 6.07 Å². The summed E-state index contributed by atoms with van der Waals surface area (Å²) in [5.41, 5.74) is 9.06. The van der Waals surface area contributed by atoms with E-state index >= 15 is 0 Å². The van der Waals surface area contributed by atoms with Crippen LogP contribution in [0.3, 0.4) is 0 Å². The summed E-state index contributed by atoms with van der Waals surface area (Å²) in [6, 6.07) is 24.6. The molecular weight excluding hydrogens is 516 g/mol. The maximum atomic E-state index is 13.5. The summed E-state index contributed by atoms with van der Waals surface area (Å²) in [4.78, 5) is 26.0. The van der Waals surface area contributed by atoms with Crippen LogP contribution < -0.4 is 25.4 Å². The molecule has 0 spiro atoms. The van der Waals surface area contributed by atoms with Gasteiger partial charge in [0.05, 0.1) is 34.6 Å². The Morgan fingerprint density at radius 3 is 2.26 bits per heavy atom. The molecule has 0 aromatic heterocycles. The second kappa shape index (κ2) is 10.5. The number of hydrogen-bond donors (Lipinski definition) is 3. The number of carbonyl (C=O) groups excluding carboxylic acids is 2. The number of ether oxygens (including phenoxy) is 1. The smallest absolute Gasteiger partial charge is 0.264 e. The maximum Gasteiger partial charge on any atom is 0.264 e. The van der Waals surface area contributed by atoms with E-state index in [-0.39, 0.29) is 22.9 Å². The number of methoxy groups -OCH3 is 1. The Bertz CT molecular complexity index is 1650. The molecule has 0 radical (unpaired) electrons. The number of carbonyl (C=O) groups is 2. The van der Waals surface area contributed by atoms with Gasteiger partial charge in [-0.3, -0.25) is 13.9 Å². The molecule has 0 saturated carbocycles. The lowest BCUT2D eigenvalue weighted by molar-refractivity contribution is 0.102. The minimum atomic E-state index is -3.91. The van der Waals surface area contributed by atoms with Crippen LogP contribution in [0.25, 0.3) is 0 Å². The first-order valence-electron chi connectivity index (χ1n) is 12.1. The second-order valence-electron chi connectivity index (χ2n) is 8.89. The number of para-hydroxylation sites is 3. The predicted octanol–water partition coefficient (Wildman–Crippen LogP) is 4.53. The molecule has 0 fully saturated rings. The molecular formula is C29H26N4O5S. The summed E-state index contributed by atoms with van der Waals surface area (Å²) in [7, 11) is -2.40. The van der Waals surface area contributed by atoms with Gasteiger partial charge in [0.2, 0.25) is 0 Å². The van der Waals surface area contributed by atoms with E-state index in [0.29, 0.717) is 40.5 Å². The van der Waals surface area contributed by atoms with Crippen LogP contribution in [0, 0.1) is 0 Å². The fourth-order valence-corrected chi connectivity index (χ4v) is 5.95. The molecule has 4 aromatic carbocycles. The first-order valence-corrected chi connectivity index (χ1v) is 13.6. The van der Waals surface area contributed by atoms with Crippen LogP contribution in [0.15, 0.2) is 95.9 Å². The minimum Gasteiger partial charge on any atom is -0.497 e. The van der Waals surface area contributed by atoms with Crippen LogP contribution in [-0.2, 0) is 16.4 Å². The average Bonchev–Trinajstić information content (AvgIpc) is 3.40. The van der Waals surface area contributed by atoms with Gasteiger partial charge in [-0.25, -0.2) is 8.42 Å². The van der Waals surface area contributed by atoms with Crippen molar-refractivity contribution in [2.24, 2.45) is 0 Å². The van der Waals surface area contributed by atoms with E-state index in [1.54, 1.807) is 72.8 Å². The fraction of sp³-hybridized carbons (Fsp3) is 0.103. The summed E-state index contributed by atoms with van der Waals surface area (Å²) in [5, 5.41) is 5.57.